The lowest BCUT2D eigenvalue weighted by molar-refractivity contribution is 0.246. The van der Waals surface area contributed by atoms with Crippen molar-refractivity contribution in [2.45, 2.75) is 46.0 Å². The second kappa shape index (κ2) is 4.88. The van der Waals surface area contributed by atoms with Crippen molar-refractivity contribution in [3.05, 3.63) is 0 Å². The number of hydrogen-bond acceptors (Lipinski definition) is 2. The zero-order valence-electron chi connectivity index (χ0n) is 8.68. The van der Waals surface area contributed by atoms with Gasteiger partial charge in [-0.15, -0.1) is 0 Å². The van der Waals surface area contributed by atoms with Gasteiger partial charge in [-0.25, -0.2) is 4.99 Å². The van der Waals surface area contributed by atoms with E-state index in [9.17, 15) is 0 Å². The maximum Gasteiger partial charge on any atom is 0.0585 e. The minimum Gasteiger partial charge on any atom is -0.232 e. The van der Waals surface area contributed by atoms with Crippen LogP contribution in [0, 0.1) is 11.3 Å². The molecule has 0 aromatic rings. The zero-order valence-corrected chi connectivity index (χ0v) is 9.49. The maximum atomic E-state index is 4.63. The van der Waals surface area contributed by atoms with Gasteiger partial charge >= 0.3 is 0 Å². The molecule has 0 aromatic carbocycles. The number of isothiocyanates is 1. The van der Waals surface area contributed by atoms with Crippen molar-refractivity contribution < 1.29 is 0 Å². The predicted octanol–water partition coefficient (Wildman–Crippen LogP) is 3.70. The van der Waals surface area contributed by atoms with E-state index in [-0.39, 0.29) is 0 Å². The standard InChI is InChI=1S/C11H19NS/c1-10(2)7-11(8-12-9-13)5-3-4-6-11/h10H,3-8H2,1-2H3. The smallest absolute Gasteiger partial charge is 0.0585 e. The average molecular weight is 197 g/mol. The lowest BCUT2D eigenvalue weighted by Crippen LogP contribution is -2.22. The highest BCUT2D eigenvalue weighted by Gasteiger charge is 2.33. The van der Waals surface area contributed by atoms with Crippen molar-refractivity contribution in [1.82, 2.24) is 0 Å². The molecule has 0 unspecified atom stereocenters. The van der Waals surface area contributed by atoms with Crippen LogP contribution in [0.4, 0.5) is 0 Å². The van der Waals surface area contributed by atoms with E-state index in [1.165, 1.54) is 32.1 Å². The lowest BCUT2D eigenvalue weighted by Gasteiger charge is -2.28. The molecule has 0 N–H and O–H groups in total. The minimum absolute atomic E-state index is 0.472. The van der Waals surface area contributed by atoms with Gasteiger partial charge in [-0.1, -0.05) is 26.7 Å². The molecule has 1 aliphatic rings. The molecule has 1 fully saturated rings. The monoisotopic (exact) mass is 197 g/mol. The summed E-state index contributed by atoms with van der Waals surface area (Å²) in [6, 6.07) is 0. The van der Waals surface area contributed by atoms with Crippen LogP contribution in [0.25, 0.3) is 0 Å². The Hall–Kier alpha value is -0.200. The third-order valence-corrected chi connectivity index (χ3v) is 3.11. The highest BCUT2D eigenvalue weighted by Crippen LogP contribution is 2.43. The zero-order chi connectivity index (χ0) is 9.73. The Labute approximate surface area is 86.6 Å². The molecule has 1 aliphatic carbocycles. The largest absolute Gasteiger partial charge is 0.232 e. The summed E-state index contributed by atoms with van der Waals surface area (Å²) in [6.45, 7) is 5.50. The van der Waals surface area contributed by atoms with Crippen LogP contribution >= 0.6 is 12.2 Å². The van der Waals surface area contributed by atoms with Crippen LogP contribution in [-0.4, -0.2) is 11.7 Å². The number of rotatable bonds is 4. The fraction of sp³-hybridized carbons (Fsp3) is 0.909. The fourth-order valence-electron chi connectivity index (χ4n) is 2.62. The number of aliphatic imine (C=N–C) groups is 1. The molecule has 1 rings (SSSR count). The van der Waals surface area contributed by atoms with Crippen LogP contribution < -0.4 is 0 Å². The third-order valence-electron chi connectivity index (χ3n) is 2.98. The predicted molar refractivity (Wildman–Crippen MR) is 60.2 cm³/mol. The third kappa shape index (κ3) is 3.21. The molecule has 1 saturated carbocycles. The molecule has 0 atom stereocenters. The summed E-state index contributed by atoms with van der Waals surface area (Å²) in [7, 11) is 0. The van der Waals surface area contributed by atoms with Crippen LogP contribution in [0.3, 0.4) is 0 Å². The first kappa shape index (κ1) is 10.9. The molecule has 0 radical (unpaired) electrons. The molecule has 0 saturated heterocycles. The van der Waals surface area contributed by atoms with E-state index in [0.717, 1.165) is 12.5 Å². The summed E-state index contributed by atoms with van der Waals surface area (Å²) in [6.07, 6.45) is 6.73. The summed E-state index contributed by atoms with van der Waals surface area (Å²) < 4.78 is 0. The van der Waals surface area contributed by atoms with Crippen LogP contribution in [-0.2, 0) is 0 Å². The summed E-state index contributed by atoms with van der Waals surface area (Å²) in [5.41, 5.74) is 0.472. The Kier molecular flexibility index (Phi) is 4.08. The molecule has 0 heterocycles. The first-order valence-electron chi connectivity index (χ1n) is 5.22. The van der Waals surface area contributed by atoms with Crippen molar-refractivity contribution in [1.29, 1.82) is 0 Å². The van der Waals surface area contributed by atoms with Gasteiger partial charge in [0.15, 0.2) is 0 Å². The van der Waals surface area contributed by atoms with Gasteiger partial charge in [0.2, 0.25) is 0 Å². The number of thiocarbonyl (C=S) groups is 1. The van der Waals surface area contributed by atoms with Gasteiger partial charge in [-0.05, 0) is 42.8 Å². The Morgan fingerprint density at radius 1 is 1.38 bits per heavy atom. The van der Waals surface area contributed by atoms with Crippen molar-refractivity contribution in [3.8, 4) is 0 Å². The summed E-state index contributed by atoms with van der Waals surface area (Å²) in [5.74, 6) is 0.776. The fourth-order valence-corrected chi connectivity index (χ4v) is 2.68. The Balaban J connectivity index is 2.57. The van der Waals surface area contributed by atoms with Crippen LogP contribution in [0.5, 0.6) is 0 Å². The first-order chi connectivity index (χ1) is 6.18. The Morgan fingerprint density at radius 2 is 2.00 bits per heavy atom. The Bertz CT molecular complexity index is 198. The maximum absolute atomic E-state index is 4.63. The highest BCUT2D eigenvalue weighted by molar-refractivity contribution is 7.78. The molecular formula is C11H19NS. The number of nitrogens with zero attached hydrogens (tertiary/aromatic N) is 1. The van der Waals surface area contributed by atoms with E-state index >= 15 is 0 Å². The first-order valence-corrected chi connectivity index (χ1v) is 5.63. The SMILES string of the molecule is CC(C)CC1(CN=C=S)CCCC1. The molecule has 0 bridgehead atoms. The van der Waals surface area contributed by atoms with Crippen molar-refractivity contribution >= 4 is 17.4 Å². The summed E-state index contributed by atoms with van der Waals surface area (Å²) in [5, 5.41) is 2.50. The van der Waals surface area contributed by atoms with Gasteiger partial charge in [0, 0.05) is 0 Å². The van der Waals surface area contributed by atoms with E-state index in [1.807, 2.05) is 0 Å². The van der Waals surface area contributed by atoms with E-state index in [2.05, 4.69) is 36.2 Å². The average Bonchev–Trinajstić information content (AvgIpc) is 2.49. The molecular weight excluding hydrogens is 178 g/mol. The number of hydrogen-bond donors (Lipinski definition) is 0. The molecule has 0 amide bonds. The van der Waals surface area contributed by atoms with Gasteiger partial charge in [-0.2, -0.15) is 0 Å². The van der Waals surface area contributed by atoms with Crippen molar-refractivity contribution in [2.75, 3.05) is 6.54 Å². The molecule has 0 aromatic heterocycles. The van der Waals surface area contributed by atoms with E-state index in [4.69, 9.17) is 0 Å². The van der Waals surface area contributed by atoms with Crippen molar-refractivity contribution in [3.63, 3.8) is 0 Å². The molecule has 2 heteroatoms. The lowest BCUT2D eigenvalue weighted by atomic mass is 9.79. The van der Waals surface area contributed by atoms with Gasteiger partial charge in [0.25, 0.3) is 0 Å². The second-order valence-corrected chi connectivity index (χ2v) is 4.90. The minimum atomic E-state index is 0.472. The van der Waals surface area contributed by atoms with Crippen LogP contribution in [0.2, 0.25) is 0 Å². The quantitative estimate of drug-likeness (QED) is 0.494. The van der Waals surface area contributed by atoms with Crippen LogP contribution in [0.1, 0.15) is 46.0 Å². The molecule has 74 valence electrons. The molecule has 0 aliphatic heterocycles. The Morgan fingerprint density at radius 3 is 2.46 bits per heavy atom. The highest BCUT2D eigenvalue weighted by atomic mass is 32.1. The summed E-state index contributed by atoms with van der Waals surface area (Å²) >= 11 is 4.63. The van der Waals surface area contributed by atoms with Gasteiger partial charge in [0.05, 0.1) is 11.7 Å². The normalized spacial score (nSPS) is 20.2. The summed E-state index contributed by atoms with van der Waals surface area (Å²) in [4.78, 5) is 4.14. The molecule has 13 heavy (non-hydrogen) atoms. The second-order valence-electron chi connectivity index (χ2n) is 4.71. The van der Waals surface area contributed by atoms with E-state index in [0.29, 0.717) is 5.41 Å². The van der Waals surface area contributed by atoms with E-state index < -0.39 is 0 Å². The topological polar surface area (TPSA) is 12.4 Å². The molecule has 1 nitrogen and oxygen atoms in total. The van der Waals surface area contributed by atoms with Crippen LogP contribution in [0.15, 0.2) is 4.99 Å². The van der Waals surface area contributed by atoms with Gasteiger partial charge < -0.3 is 0 Å². The molecule has 0 spiro atoms. The van der Waals surface area contributed by atoms with E-state index in [1.54, 1.807) is 0 Å². The van der Waals surface area contributed by atoms with Crippen molar-refractivity contribution in [2.24, 2.45) is 16.3 Å². The van der Waals surface area contributed by atoms with Gasteiger partial charge in [-0.3, -0.25) is 0 Å². The van der Waals surface area contributed by atoms with Gasteiger partial charge in [0.1, 0.15) is 0 Å².